The molecule has 0 spiro atoms. The minimum absolute atomic E-state index is 0.346. The molecule has 0 radical (unpaired) electrons. The lowest BCUT2D eigenvalue weighted by Crippen LogP contribution is -2.28. The Morgan fingerprint density at radius 3 is 3.00 bits per heavy atom. The van der Waals surface area contributed by atoms with E-state index in [0.29, 0.717) is 16.8 Å². The van der Waals surface area contributed by atoms with Crippen molar-refractivity contribution in [3.05, 3.63) is 35.1 Å². The highest BCUT2D eigenvalue weighted by Crippen LogP contribution is 2.28. The van der Waals surface area contributed by atoms with Crippen LogP contribution in [0.25, 0.3) is 11.5 Å². The van der Waals surface area contributed by atoms with Crippen molar-refractivity contribution >= 4 is 11.6 Å². The Hall–Kier alpha value is -1.39. The van der Waals surface area contributed by atoms with Crippen LogP contribution in [0.3, 0.4) is 0 Å². The number of nitrogens with one attached hydrogen (secondary N) is 1. The number of halogens is 1. The minimum atomic E-state index is 0.346. The van der Waals surface area contributed by atoms with Gasteiger partial charge in [-0.05, 0) is 31.5 Å². The third-order valence-electron chi connectivity index (χ3n) is 3.21. The zero-order valence-electron chi connectivity index (χ0n) is 9.90. The summed E-state index contributed by atoms with van der Waals surface area (Å²) in [6.07, 6.45) is 2.26. The van der Waals surface area contributed by atoms with Crippen LogP contribution in [-0.2, 0) is 0 Å². The molecular formula is C13H14ClN3O. The van der Waals surface area contributed by atoms with Gasteiger partial charge in [-0.25, -0.2) is 0 Å². The second-order valence-electron chi connectivity index (χ2n) is 4.48. The second-order valence-corrected chi connectivity index (χ2v) is 4.89. The van der Waals surface area contributed by atoms with Crippen molar-refractivity contribution in [2.45, 2.75) is 18.8 Å². The van der Waals surface area contributed by atoms with Gasteiger partial charge < -0.3 is 9.84 Å². The number of nitrogens with zero attached hydrogens (tertiary/aromatic N) is 2. The largest absolute Gasteiger partial charge is 0.334 e. The first-order valence-electron chi connectivity index (χ1n) is 6.14. The summed E-state index contributed by atoms with van der Waals surface area (Å²) >= 11 is 6.11. The molecule has 2 aromatic rings. The first-order valence-corrected chi connectivity index (χ1v) is 6.51. The van der Waals surface area contributed by atoms with Crippen LogP contribution in [-0.4, -0.2) is 23.2 Å². The predicted molar refractivity (Wildman–Crippen MR) is 69.6 cm³/mol. The van der Waals surface area contributed by atoms with Crippen molar-refractivity contribution in [3.63, 3.8) is 0 Å². The molecule has 1 aromatic heterocycles. The molecule has 1 aliphatic rings. The molecule has 1 fully saturated rings. The van der Waals surface area contributed by atoms with Crippen molar-refractivity contribution in [2.75, 3.05) is 13.1 Å². The van der Waals surface area contributed by atoms with Crippen LogP contribution in [0.1, 0.15) is 24.6 Å². The summed E-state index contributed by atoms with van der Waals surface area (Å²) in [5, 5.41) is 8.05. The highest BCUT2D eigenvalue weighted by Gasteiger charge is 2.21. The fourth-order valence-corrected chi connectivity index (χ4v) is 2.43. The number of hydrogen-bond acceptors (Lipinski definition) is 4. The van der Waals surface area contributed by atoms with E-state index >= 15 is 0 Å². The zero-order chi connectivity index (χ0) is 12.4. The maximum atomic E-state index is 6.11. The van der Waals surface area contributed by atoms with E-state index in [1.807, 2.05) is 24.3 Å². The summed E-state index contributed by atoms with van der Waals surface area (Å²) < 4.78 is 5.31. The van der Waals surface area contributed by atoms with Crippen LogP contribution in [0.4, 0.5) is 0 Å². The molecule has 1 aliphatic heterocycles. The molecule has 2 heterocycles. The van der Waals surface area contributed by atoms with E-state index in [1.165, 1.54) is 0 Å². The van der Waals surface area contributed by atoms with Crippen molar-refractivity contribution in [2.24, 2.45) is 0 Å². The smallest absolute Gasteiger partial charge is 0.259 e. The number of rotatable bonds is 2. The number of aromatic nitrogens is 2. The molecule has 5 heteroatoms. The van der Waals surface area contributed by atoms with Crippen LogP contribution >= 0.6 is 11.6 Å². The Kier molecular flexibility index (Phi) is 3.30. The monoisotopic (exact) mass is 263 g/mol. The van der Waals surface area contributed by atoms with Gasteiger partial charge in [0.2, 0.25) is 0 Å². The lowest BCUT2D eigenvalue weighted by molar-refractivity contribution is 0.393. The van der Waals surface area contributed by atoms with Gasteiger partial charge in [0.25, 0.3) is 5.89 Å². The van der Waals surface area contributed by atoms with Gasteiger partial charge in [0.1, 0.15) is 0 Å². The van der Waals surface area contributed by atoms with Gasteiger partial charge in [0.15, 0.2) is 5.82 Å². The Bertz CT molecular complexity index is 535. The predicted octanol–water partition coefficient (Wildman–Crippen LogP) is 2.86. The average molecular weight is 264 g/mol. The van der Waals surface area contributed by atoms with Crippen LogP contribution < -0.4 is 5.32 Å². The topological polar surface area (TPSA) is 51.0 Å². The van der Waals surface area contributed by atoms with E-state index in [-0.39, 0.29) is 0 Å². The van der Waals surface area contributed by atoms with Crippen LogP contribution in [0.5, 0.6) is 0 Å². The Balaban J connectivity index is 1.87. The van der Waals surface area contributed by atoms with Crippen molar-refractivity contribution in [1.29, 1.82) is 0 Å². The van der Waals surface area contributed by atoms with Gasteiger partial charge in [-0.3, -0.25) is 0 Å². The Morgan fingerprint density at radius 1 is 1.33 bits per heavy atom. The lowest BCUT2D eigenvalue weighted by Gasteiger charge is -2.19. The van der Waals surface area contributed by atoms with Gasteiger partial charge in [-0.2, -0.15) is 4.98 Å². The summed E-state index contributed by atoms with van der Waals surface area (Å²) in [6.45, 7) is 1.99. The Morgan fingerprint density at radius 2 is 2.22 bits per heavy atom. The summed E-state index contributed by atoms with van der Waals surface area (Å²) in [6, 6.07) is 7.50. The molecule has 0 saturated carbocycles. The first-order chi connectivity index (χ1) is 8.84. The maximum Gasteiger partial charge on any atom is 0.259 e. The number of piperidine rings is 1. The second kappa shape index (κ2) is 5.08. The third kappa shape index (κ3) is 2.26. The zero-order valence-corrected chi connectivity index (χ0v) is 10.7. The van der Waals surface area contributed by atoms with Crippen LogP contribution in [0.2, 0.25) is 5.02 Å². The van der Waals surface area contributed by atoms with Gasteiger partial charge in [-0.1, -0.05) is 28.9 Å². The summed E-state index contributed by atoms with van der Waals surface area (Å²) in [5.74, 6) is 1.62. The van der Waals surface area contributed by atoms with Crippen molar-refractivity contribution in [3.8, 4) is 11.5 Å². The van der Waals surface area contributed by atoms with E-state index in [1.54, 1.807) is 0 Å². The van der Waals surface area contributed by atoms with Gasteiger partial charge in [-0.15, -0.1) is 0 Å². The Labute approximate surface area is 110 Å². The fourth-order valence-electron chi connectivity index (χ4n) is 2.22. The number of hydrogen-bond donors (Lipinski definition) is 1. The molecule has 1 aromatic carbocycles. The summed E-state index contributed by atoms with van der Waals surface area (Å²) in [7, 11) is 0. The molecule has 0 aliphatic carbocycles. The van der Waals surface area contributed by atoms with E-state index in [2.05, 4.69) is 15.5 Å². The quantitative estimate of drug-likeness (QED) is 0.905. The fraction of sp³-hybridized carbons (Fsp3) is 0.385. The summed E-state index contributed by atoms with van der Waals surface area (Å²) in [4.78, 5) is 4.46. The van der Waals surface area contributed by atoms with E-state index in [9.17, 15) is 0 Å². The molecule has 4 nitrogen and oxygen atoms in total. The molecule has 3 rings (SSSR count). The molecule has 1 atom stereocenters. The van der Waals surface area contributed by atoms with Crippen LogP contribution in [0, 0.1) is 0 Å². The molecular weight excluding hydrogens is 250 g/mol. The van der Waals surface area contributed by atoms with Crippen molar-refractivity contribution in [1.82, 2.24) is 15.5 Å². The van der Waals surface area contributed by atoms with E-state index in [4.69, 9.17) is 16.1 Å². The minimum Gasteiger partial charge on any atom is -0.334 e. The molecule has 1 saturated heterocycles. The standard InChI is InChI=1S/C13H14ClN3O/c14-11-6-2-1-5-10(11)13-16-12(17-18-13)9-4-3-7-15-8-9/h1-2,5-6,9,15H,3-4,7-8H2. The highest BCUT2D eigenvalue weighted by atomic mass is 35.5. The average Bonchev–Trinajstić information content (AvgIpc) is 2.90. The normalized spacial score (nSPS) is 19.9. The molecule has 0 amide bonds. The first kappa shape index (κ1) is 11.7. The van der Waals surface area contributed by atoms with Crippen LogP contribution in [0.15, 0.2) is 28.8 Å². The van der Waals surface area contributed by atoms with Gasteiger partial charge >= 0.3 is 0 Å². The molecule has 1 N–H and O–H groups in total. The molecule has 0 bridgehead atoms. The number of benzene rings is 1. The highest BCUT2D eigenvalue weighted by molar-refractivity contribution is 6.33. The maximum absolute atomic E-state index is 6.11. The van der Waals surface area contributed by atoms with E-state index < -0.39 is 0 Å². The lowest BCUT2D eigenvalue weighted by atomic mass is 9.99. The third-order valence-corrected chi connectivity index (χ3v) is 3.54. The summed E-state index contributed by atoms with van der Waals surface area (Å²) in [5.41, 5.74) is 0.793. The SMILES string of the molecule is Clc1ccccc1-c1nc(C2CCCNC2)no1. The molecule has 18 heavy (non-hydrogen) atoms. The van der Waals surface area contributed by atoms with Crippen molar-refractivity contribution < 1.29 is 4.52 Å². The molecule has 1 unspecified atom stereocenters. The van der Waals surface area contributed by atoms with Gasteiger partial charge in [0, 0.05) is 12.5 Å². The molecule has 94 valence electrons. The van der Waals surface area contributed by atoms with Gasteiger partial charge in [0.05, 0.1) is 10.6 Å². The van der Waals surface area contributed by atoms with E-state index in [0.717, 1.165) is 37.3 Å².